The summed E-state index contributed by atoms with van der Waals surface area (Å²) >= 11 is 16.7. The SMILES string of the molecule is C1C[C@@H]2SC3=C(SC(=C4SC5=C(SCCS5)S4)S3)S[C@@H]2C1. The largest absolute Gasteiger partial charge is 0.116 e. The molecule has 112 valence electrons. The van der Waals surface area contributed by atoms with Crippen molar-refractivity contribution in [3.05, 3.63) is 25.4 Å². The van der Waals surface area contributed by atoms with Crippen LogP contribution < -0.4 is 0 Å². The third kappa shape index (κ3) is 2.92. The van der Waals surface area contributed by atoms with Gasteiger partial charge in [0, 0.05) is 22.0 Å². The summed E-state index contributed by atoms with van der Waals surface area (Å²) in [7, 11) is 0. The zero-order chi connectivity index (χ0) is 13.8. The van der Waals surface area contributed by atoms with Gasteiger partial charge in [0.15, 0.2) is 0 Å². The maximum atomic E-state index is 2.18. The van der Waals surface area contributed by atoms with Gasteiger partial charge < -0.3 is 0 Å². The van der Waals surface area contributed by atoms with Crippen molar-refractivity contribution in [1.82, 2.24) is 0 Å². The first-order chi connectivity index (χ1) is 10.4. The van der Waals surface area contributed by atoms with Crippen LogP contribution in [0.25, 0.3) is 0 Å². The second kappa shape index (κ2) is 6.39. The van der Waals surface area contributed by atoms with E-state index in [1.807, 2.05) is 23.5 Å². The van der Waals surface area contributed by atoms with Crippen molar-refractivity contribution >= 4 is 94.1 Å². The van der Waals surface area contributed by atoms with E-state index in [9.17, 15) is 0 Å². The first-order valence-electron chi connectivity index (χ1n) is 6.90. The second-order valence-corrected chi connectivity index (χ2v) is 15.4. The lowest BCUT2D eigenvalue weighted by Crippen LogP contribution is -2.14. The van der Waals surface area contributed by atoms with E-state index in [-0.39, 0.29) is 0 Å². The van der Waals surface area contributed by atoms with E-state index in [4.69, 9.17) is 0 Å². The Labute approximate surface area is 159 Å². The third-order valence-corrected chi connectivity index (χ3v) is 16.4. The molecule has 8 heteroatoms. The van der Waals surface area contributed by atoms with Crippen LogP contribution in [0.4, 0.5) is 0 Å². The first-order valence-corrected chi connectivity index (χ1v) is 13.9. The van der Waals surface area contributed by atoms with Crippen LogP contribution in [0.5, 0.6) is 0 Å². The molecule has 0 aromatic carbocycles. The molecule has 0 aromatic rings. The van der Waals surface area contributed by atoms with Crippen LogP contribution in [-0.2, 0) is 0 Å². The van der Waals surface area contributed by atoms with Gasteiger partial charge in [0.2, 0.25) is 0 Å². The van der Waals surface area contributed by atoms with Crippen LogP contribution in [0.2, 0.25) is 0 Å². The van der Waals surface area contributed by atoms with Crippen LogP contribution in [0.3, 0.4) is 0 Å². The molecule has 0 radical (unpaired) electrons. The summed E-state index contributed by atoms with van der Waals surface area (Å²) in [5.74, 6) is 2.56. The Morgan fingerprint density at radius 1 is 0.571 bits per heavy atom. The van der Waals surface area contributed by atoms with E-state index in [0.29, 0.717) is 0 Å². The van der Waals surface area contributed by atoms with E-state index >= 15 is 0 Å². The predicted octanol–water partition coefficient (Wildman–Crippen LogP) is 7.21. The summed E-state index contributed by atoms with van der Waals surface area (Å²) in [4.78, 5) is 0. The molecule has 0 aromatic heterocycles. The second-order valence-electron chi connectivity index (χ2n) is 5.07. The Morgan fingerprint density at radius 3 is 1.57 bits per heavy atom. The fraction of sp³-hybridized carbons (Fsp3) is 0.538. The Hall–Kier alpha value is 2.02. The molecule has 2 atom stereocenters. The lowest BCUT2D eigenvalue weighted by molar-refractivity contribution is 0.891. The minimum atomic E-state index is 0.896. The van der Waals surface area contributed by atoms with Crippen LogP contribution in [0.15, 0.2) is 25.4 Å². The maximum absolute atomic E-state index is 2.18. The quantitative estimate of drug-likeness (QED) is 0.395. The summed E-state index contributed by atoms with van der Waals surface area (Å²) < 4.78 is 9.48. The van der Waals surface area contributed by atoms with Crippen molar-refractivity contribution < 1.29 is 0 Å². The molecule has 0 saturated heterocycles. The number of thioether (sulfide) groups is 8. The molecule has 0 unspecified atom stereocenters. The van der Waals surface area contributed by atoms with E-state index in [2.05, 4.69) is 70.6 Å². The van der Waals surface area contributed by atoms with Gasteiger partial charge in [-0.1, -0.05) is 53.5 Å². The third-order valence-electron chi connectivity index (χ3n) is 3.70. The first kappa shape index (κ1) is 15.3. The molecule has 5 aliphatic rings. The summed E-state index contributed by atoms with van der Waals surface area (Å²) in [5, 5.41) is 1.79. The van der Waals surface area contributed by atoms with E-state index in [1.165, 1.54) is 30.8 Å². The summed E-state index contributed by atoms with van der Waals surface area (Å²) in [6.45, 7) is 0. The average molecular weight is 425 g/mol. The highest BCUT2D eigenvalue weighted by Gasteiger charge is 2.40. The Kier molecular flexibility index (Phi) is 4.65. The normalized spacial score (nSPS) is 35.4. The molecule has 5 rings (SSSR count). The van der Waals surface area contributed by atoms with Crippen molar-refractivity contribution in [2.45, 2.75) is 29.8 Å². The lowest BCUT2D eigenvalue weighted by Gasteiger charge is -2.24. The smallest absolute Gasteiger partial charge is 0.0717 e. The number of fused-ring (bicyclic) bond motifs is 1. The molecular weight excluding hydrogens is 413 g/mol. The van der Waals surface area contributed by atoms with Crippen molar-refractivity contribution in [1.29, 1.82) is 0 Å². The molecule has 0 nitrogen and oxygen atoms in total. The van der Waals surface area contributed by atoms with Crippen LogP contribution in [-0.4, -0.2) is 22.0 Å². The van der Waals surface area contributed by atoms with Gasteiger partial charge >= 0.3 is 0 Å². The minimum absolute atomic E-state index is 0.896. The average Bonchev–Trinajstić information content (AvgIpc) is 3.20. The summed E-state index contributed by atoms with van der Waals surface area (Å²) in [6, 6.07) is 0. The van der Waals surface area contributed by atoms with E-state index < -0.39 is 0 Å². The van der Waals surface area contributed by atoms with Gasteiger partial charge in [0.1, 0.15) is 0 Å². The number of hydrogen-bond donors (Lipinski definition) is 0. The molecule has 0 amide bonds. The zero-order valence-electron chi connectivity index (χ0n) is 11.0. The van der Waals surface area contributed by atoms with Crippen molar-refractivity contribution in [3.8, 4) is 0 Å². The van der Waals surface area contributed by atoms with Gasteiger partial charge in [-0.25, -0.2) is 0 Å². The Morgan fingerprint density at radius 2 is 1.05 bits per heavy atom. The molecule has 4 aliphatic heterocycles. The van der Waals surface area contributed by atoms with Crippen molar-refractivity contribution in [2.24, 2.45) is 0 Å². The molecule has 4 heterocycles. The van der Waals surface area contributed by atoms with Crippen LogP contribution in [0.1, 0.15) is 19.3 Å². The molecule has 0 N–H and O–H groups in total. The van der Waals surface area contributed by atoms with Gasteiger partial charge in [-0.2, -0.15) is 0 Å². The zero-order valence-corrected chi connectivity index (χ0v) is 17.5. The minimum Gasteiger partial charge on any atom is -0.116 e. The van der Waals surface area contributed by atoms with E-state index in [0.717, 1.165) is 10.5 Å². The lowest BCUT2D eigenvalue weighted by atomic mass is 10.4. The molecule has 1 saturated carbocycles. The van der Waals surface area contributed by atoms with Crippen molar-refractivity contribution in [3.63, 3.8) is 0 Å². The van der Waals surface area contributed by atoms with Gasteiger partial charge in [0.05, 0.1) is 25.4 Å². The van der Waals surface area contributed by atoms with Crippen LogP contribution in [0, 0.1) is 0 Å². The molecular formula is C13H12S8. The van der Waals surface area contributed by atoms with Crippen LogP contribution >= 0.6 is 94.1 Å². The molecule has 1 aliphatic carbocycles. The van der Waals surface area contributed by atoms with Gasteiger partial charge in [-0.05, 0) is 12.8 Å². The predicted molar refractivity (Wildman–Crippen MR) is 113 cm³/mol. The number of hydrogen-bond acceptors (Lipinski definition) is 8. The fourth-order valence-corrected chi connectivity index (χ4v) is 15.9. The topological polar surface area (TPSA) is 0 Å². The Bertz CT molecular complexity index is 543. The van der Waals surface area contributed by atoms with Gasteiger partial charge in [-0.15, -0.1) is 47.0 Å². The molecule has 0 spiro atoms. The van der Waals surface area contributed by atoms with Gasteiger partial charge in [-0.3, -0.25) is 0 Å². The van der Waals surface area contributed by atoms with Gasteiger partial charge in [0.25, 0.3) is 0 Å². The summed E-state index contributed by atoms with van der Waals surface area (Å²) in [6.07, 6.45) is 4.31. The monoisotopic (exact) mass is 424 g/mol. The Balaban J connectivity index is 1.35. The molecule has 0 bridgehead atoms. The van der Waals surface area contributed by atoms with Crippen molar-refractivity contribution in [2.75, 3.05) is 11.5 Å². The maximum Gasteiger partial charge on any atom is 0.0717 e. The highest BCUT2D eigenvalue weighted by Crippen LogP contribution is 2.69. The summed E-state index contributed by atoms with van der Waals surface area (Å²) in [5.41, 5.74) is 0. The molecule has 1 fully saturated rings. The standard InChI is InChI=1S/C13H12S8/c1-2-6-7(3-1)17-11-10(16-6)20-13(21-11)12-18-8-9(19-12)15-5-4-14-8/h6-7H,1-5H2/t6-,7+. The number of rotatable bonds is 0. The molecule has 21 heavy (non-hydrogen) atoms. The highest BCUT2D eigenvalue weighted by atomic mass is 32.3. The highest BCUT2D eigenvalue weighted by molar-refractivity contribution is 8.45. The van der Waals surface area contributed by atoms with E-state index in [1.54, 1.807) is 25.4 Å². The fourth-order valence-electron chi connectivity index (χ4n) is 2.74.